The molecule has 3 heteroatoms. The van der Waals surface area contributed by atoms with Gasteiger partial charge in [0.25, 0.3) is 0 Å². The molecule has 0 aromatic carbocycles. The third kappa shape index (κ3) is 4.43. The van der Waals surface area contributed by atoms with Crippen LogP contribution in [-0.2, 0) is 4.79 Å². The molecule has 0 aliphatic rings. The summed E-state index contributed by atoms with van der Waals surface area (Å²) >= 11 is 0.906. The second-order valence-electron chi connectivity index (χ2n) is 0.627. The average Bonchev–Trinajstić information content (AvgIpc) is 1.38. The summed E-state index contributed by atoms with van der Waals surface area (Å²) in [5.41, 5.74) is 4.84. The molecule has 0 spiro atoms. The van der Waals surface area contributed by atoms with Gasteiger partial charge in [-0.3, -0.25) is 0 Å². The van der Waals surface area contributed by atoms with E-state index >= 15 is 0 Å². The fraction of sp³-hybridized carbons (Fsp3) is 0.500. The minimum atomic E-state index is 0.122. The number of hydrogen-bond acceptors (Lipinski definition) is 2. The van der Waals surface area contributed by atoms with Gasteiger partial charge in [0.1, 0.15) is 0 Å². The van der Waals surface area contributed by atoms with Crippen molar-refractivity contribution < 1.29 is 4.79 Å². The summed E-state index contributed by atoms with van der Waals surface area (Å²) in [6.07, 6.45) is 0. The summed E-state index contributed by atoms with van der Waals surface area (Å²) in [5.74, 6) is 0. The van der Waals surface area contributed by atoms with Crippen LogP contribution >= 0.6 is 0 Å². The Morgan fingerprint density at radius 3 is 2.20 bits per heavy atom. The molecule has 0 unspecified atom stereocenters. The summed E-state index contributed by atoms with van der Waals surface area (Å²) in [6, 6.07) is 0. The van der Waals surface area contributed by atoms with Crippen LogP contribution in [0.15, 0.2) is 0 Å². The van der Waals surface area contributed by atoms with Gasteiger partial charge in [-0.05, 0) is 0 Å². The summed E-state index contributed by atoms with van der Waals surface area (Å²) in [7, 11) is 0. The van der Waals surface area contributed by atoms with Crippen LogP contribution < -0.4 is 5.73 Å². The van der Waals surface area contributed by atoms with Gasteiger partial charge in [-0.1, -0.05) is 0 Å². The van der Waals surface area contributed by atoms with Gasteiger partial charge >= 0.3 is 43.4 Å². The van der Waals surface area contributed by atoms with Crippen LogP contribution in [0.25, 0.3) is 0 Å². The molecule has 0 fully saturated rings. The van der Waals surface area contributed by atoms with Gasteiger partial charge in [0, 0.05) is 0 Å². The topological polar surface area (TPSA) is 43.1 Å². The summed E-state index contributed by atoms with van der Waals surface area (Å²) in [6.45, 7) is 0.207. The van der Waals surface area contributed by atoms with Crippen molar-refractivity contribution in [2.24, 2.45) is 5.73 Å². The molecular weight excluding hydrogens is 173 g/mol. The zero-order valence-corrected chi connectivity index (χ0v) is 5.55. The minimum absolute atomic E-state index is 0.122. The summed E-state index contributed by atoms with van der Waals surface area (Å²) in [5, 5.41) is 0. The molecule has 0 aromatic heterocycles. The van der Waals surface area contributed by atoms with Crippen LogP contribution in [0.2, 0.25) is 0 Å². The van der Waals surface area contributed by atoms with Crippen LogP contribution in [0.3, 0.4) is 0 Å². The van der Waals surface area contributed by atoms with E-state index in [4.69, 9.17) is 5.73 Å². The first kappa shape index (κ1) is 5.43. The van der Waals surface area contributed by atoms with Crippen molar-refractivity contribution in [3.8, 4) is 0 Å². The van der Waals surface area contributed by atoms with Crippen molar-refractivity contribution in [3.63, 3.8) is 0 Å². The third-order valence-electron chi connectivity index (χ3n) is 0.185. The Balaban J connectivity index is 2.85. The van der Waals surface area contributed by atoms with Crippen LogP contribution in [0.5, 0.6) is 0 Å². The molecule has 0 aliphatic heterocycles. The molecular formula is C2H4NOSn. The molecule has 2 nitrogen and oxygen atoms in total. The second-order valence-corrected chi connectivity index (χ2v) is 2.22. The second kappa shape index (κ2) is 2.65. The molecule has 0 atom stereocenters. The van der Waals surface area contributed by atoms with Gasteiger partial charge in [0.2, 0.25) is 0 Å². The number of carbonyl (C=O) groups excluding carboxylic acids is 1. The van der Waals surface area contributed by atoms with Gasteiger partial charge in [-0.15, -0.1) is 0 Å². The van der Waals surface area contributed by atoms with Crippen molar-refractivity contribution in [3.05, 3.63) is 0 Å². The Morgan fingerprint density at radius 1 is 2.00 bits per heavy atom. The number of rotatable bonds is 1. The van der Waals surface area contributed by atoms with E-state index in [1.165, 1.54) is 0 Å². The Kier molecular flexibility index (Phi) is 2.88. The third-order valence-corrected chi connectivity index (χ3v) is 0.768. The van der Waals surface area contributed by atoms with Crippen molar-refractivity contribution in [1.82, 2.24) is 0 Å². The van der Waals surface area contributed by atoms with E-state index < -0.39 is 0 Å². The van der Waals surface area contributed by atoms with Crippen molar-refractivity contribution >= 4 is 26.3 Å². The van der Waals surface area contributed by atoms with Crippen LogP contribution in [0.1, 0.15) is 0 Å². The van der Waals surface area contributed by atoms with E-state index in [2.05, 4.69) is 0 Å². The van der Waals surface area contributed by atoms with Crippen molar-refractivity contribution in [2.75, 3.05) is 6.54 Å². The molecule has 3 radical (unpaired) electrons. The molecule has 0 aromatic rings. The first-order valence-corrected chi connectivity index (χ1v) is 2.64. The Bertz CT molecular complexity index is 44.9. The first-order chi connectivity index (χ1) is 2.27. The fourth-order valence-corrected chi connectivity index (χ4v) is 0. The maximum absolute atomic E-state index is 9.73. The molecule has 0 amide bonds. The first-order valence-electron chi connectivity index (χ1n) is 1.22. The number of hydrogen-bond donors (Lipinski definition) is 1. The molecule has 0 rings (SSSR count). The van der Waals surface area contributed by atoms with E-state index in [1.807, 2.05) is 0 Å². The van der Waals surface area contributed by atoms with Gasteiger partial charge in [0.05, 0.1) is 0 Å². The quantitative estimate of drug-likeness (QED) is 0.502. The van der Waals surface area contributed by atoms with E-state index in [-0.39, 0.29) is 10.3 Å². The van der Waals surface area contributed by atoms with Crippen molar-refractivity contribution in [1.29, 1.82) is 0 Å². The average molecular weight is 177 g/mol. The monoisotopic (exact) mass is 178 g/mol. The van der Waals surface area contributed by atoms with Gasteiger partial charge in [-0.2, -0.15) is 0 Å². The van der Waals surface area contributed by atoms with Crippen LogP contribution in [-0.4, -0.2) is 32.9 Å². The molecule has 0 bridgehead atoms. The standard InChI is InChI=1S/C2H4NO.Sn/c3-1-2-4;/h1,3H2;. The zero-order chi connectivity index (χ0) is 4.28. The van der Waals surface area contributed by atoms with Gasteiger partial charge in [0.15, 0.2) is 0 Å². The Morgan fingerprint density at radius 2 is 2.20 bits per heavy atom. The van der Waals surface area contributed by atoms with Crippen LogP contribution in [0.4, 0.5) is 0 Å². The van der Waals surface area contributed by atoms with E-state index in [0.717, 1.165) is 22.5 Å². The summed E-state index contributed by atoms with van der Waals surface area (Å²) in [4.78, 5) is 9.73. The number of nitrogens with two attached hydrogens (primary N) is 1. The molecule has 0 saturated carbocycles. The predicted molar refractivity (Wildman–Crippen MR) is 19.8 cm³/mol. The Hall–Kier alpha value is 0.429. The molecule has 0 heterocycles. The number of carbonyl (C=O) groups is 1. The van der Waals surface area contributed by atoms with Crippen molar-refractivity contribution in [2.45, 2.75) is 0 Å². The maximum atomic E-state index is 9.73. The predicted octanol–water partition coefficient (Wildman–Crippen LogP) is -1.36. The normalized spacial score (nSPS) is 7.60. The van der Waals surface area contributed by atoms with E-state index in [0.29, 0.717) is 0 Å². The molecule has 0 saturated heterocycles. The molecule has 2 N–H and O–H groups in total. The van der Waals surface area contributed by atoms with Gasteiger partial charge in [-0.25, -0.2) is 0 Å². The zero-order valence-electron chi connectivity index (χ0n) is 2.69. The van der Waals surface area contributed by atoms with E-state index in [9.17, 15) is 4.79 Å². The summed E-state index contributed by atoms with van der Waals surface area (Å²) < 4.78 is 0.122. The fourth-order valence-electron chi connectivity index (χ4n) is 0. The SMILES string of the molecule is NC[C](=O)[Sn]. The van der Waals surface area contributed by atoms with Gasteiger partial charge < -0.3 is 0 Å². The van der Waals surface area contributed by atoms with E-state index in [1.54, 1.807) is 0 Å². The molecule has 0 aliphatic carbocycles. The Labute approximate surface area is 43.8 Å². The van der Waals surface area contributed by atoms with Crippen LogP contribution in [0, 0.1) is 0 Å². The molecule has 27 valence electrons. The molecule has 5 heavy (non-hydrogen) atoms.